The van der Waals surface area contributed by atoms with E-state index in [9.17, 15) is 4.79 Å². The van der Waals surface area contributed by atoms with E-state index in [-0.39, 0.29) is 11.9 Å². The first-order valence-electron chi connectivity index (χ1n) is 8.18. The van der Waals surface area contributed by atoms with Crippen molar-refractivity contribution < 1.29 is 9.21 Å². The van der Waals surface area contributed by atoms with Crippen LogP contribution in [0.5, 0.6) is 0 Å². The highest BCUT2D eigenvalue weighted by Gasteiger charge is 2.30. The van der Waals surface area contributed by atoms with Gasteiger partial charge in [-0.1, -0.05) is 18.2 Å². The number of para-hydroxylation sites is 1. The van der Waals surface area contributed by atoms with Crippen LogP contribution in [0.1, 0.15) is 18.2 Å². The average molecular weight is 370 g/mol. The summed E-state index contributed by atoms with van der Waals surface area (Å²) in [5, 5.41) is 2.91. The van der Waals surface area contributed by atoms with Crippen LogP contribution in [0.3, 0.4) is 0 Å². The number of thiazole rings is 1. The molecule has 2 aromatic heterocycles. The number of aromatic nitrogens is 1. The van der Waals surface area contributed by atoms with Gasteiger partial charge in [0.25, 0.3) is 0 Å². The number of carbonyl (C=O) groups excluding carboxylic acids is 1. The minimum absolute atomic E-state index is 0.170. The lowest BCUT2D eigenvalue weighted by molar-refractivity contribution is -0.116. The standard InChI is InChI=1S/C19H18N2O2S2/c1-13-9-14-5-2-3-6-16(14)21(13)18(22)12-24-10-15-11-25-19(20-15)17-7-4-8-23-17/h2-8,11,13H,9-10,12H2,1H3/t13-/m0/s1. The number of benzene rings is 1. The molecule has 4 nitrogen and oxygen atoms in total. The van der Waals surface area contributed by atoms with Crippen molar-refractivity contribution in [2.75, 3.05) is 10.7 Å². The zero-order valence-electron chi connectivity index (χ0n) is 13.8. The van der Waals surface area contributed by atoms with Crippen molar-refractivity contribution in [1.29, 1.82) is 0 Å². The van der Waals surface area contributed by atoms with E-state index in [0.717, 1.165) is 34.3 Å². The van der Waals surface area contributed by atoms with E-state index in [4.69, 9.17) is 4.42 Å². The van der Waals surface area contributed by atoms with Gasteiger partial charge in [0.05, 0.1) is 17.7 Å². The first-order chi connectivity index (χ1) is 12.2. The third-order valence-corrected chi connectivity index (χ3v) is 6.09. The Morgan fingerprint density at radius 2 is 2.24 bits per heavy atom. The molecule has 0 radical (unpaired) electrons. The third-order valence-electron chi connectivity index (χ3n) is 4.24. The second kappa shape index (κ2) is 7.06. The van der Waals surface area contributed by atoms with Gasteiger partial charge in [-0.15, -0.1) is 23.1 Å². The highest BCUT2D eigenvalue weighted by Crippen LogP contribution is 2.32. The Morgan fingerprint density at radius 1 is 1.36 bits per heavy atom. The van der Waals surface area contributed by atoms with Crippen molar-refractivity contribution >= 4 is 34.7 Å². The normalized spacial score (nSPS) is 16.2. The summed E-state index contributed by atoms with van der Waals surface area (Å²) in [6.45, 7) is 2.11. The quantitative estimate of drug-likeness (QED) is 0.658. The molecule has 0 spiro atoms. The predicted octanol–water partition coefficient (Wildman–Crippen LogP) is 4.61. The van der Waals surface area contributed by atoms with Crippen LogP contribution < -0.4 is 4.90 Å². The summed E-state index contributed by atoms with van der Waals surface area (Å²) in [6, 6.07) is 12.2. The smallest absolute Gasteiger partial charge is 0.237 e. The number of fused-ring (bicyclic) bond motifs is 1. The van der Waals surface area contributed by atoms with Crippen LogP contribution in [0.25, 0.3) is 10.8 Å². The Balaban J connectivity index is 1.35. The second-order valence-electron chi connectivity index (χ2n) is 6.06. The SMILES string of the molecule is C[C@H]1Cc2ccccc2N1C(=O)CSCc1csc(-c2ccco2)n1. The van der Waals surface area contributed by atoms with E-state index in [2.05, 4.69) is 18.0 Å². The molecule has 1 aromatic carbocycles. The molecule has 128 valence electrons. The zero-order valence-corrected chi connectivity index (χ0v) is 15.5. The van der Waals surface area contributed by atoms with Crippen molar-refractivity contribution in [3.8, 4) is 10.8 Å². The fraction of sp³-hybridized carbons (Fsp3) is 0.263. The van der Waals surface area contributed by atoms with Gasteiger partial charge in [0.15, 0.2) is 10.8 Å². The molecule has 4 rings (SSSR count). The molecule has 25 heavy (non-hydrogen) atoms. The van der Waals surface area contributed by atoms with E-state index in [0.29, 0.717) is 5.75 Å². The topological polar surface area (TPSA) is 46.3 Å². The molecule has 0 aliphatic carbocycles. The number of nitrogens with zero attached hydrogens (tertiary/aromatic N) is 2. The Bertz CT molecular complexity index is 873. The van der Waals surface area contributed by atoms with Crippen molar-refractivity contribution in [2.45, 2.75) is 25.1 Å². The van der Waals surface area contributed by atoms with E-state index >= 15 is 0 Å². The van der Waals surface area contributed by atoms with E-state index in [1.54, 1.807) is 29.4 Å². The number of furan rings is 1. The molecule has 0 saturated heterocycles. The van der Waals surface area contributed by atoms with Gasteiger partial charge in [0, 0.05) is 22.9 Å². The van der Waals surface area contributed by atoms with Crippen molar-refractivity contribution in [3.63, 3.8) is 0 Å². The summed E-state index contributed by atoms with van der Waals surface area (Å²) >= 11 is 3.18. The van der Waals surface area contributed by atoms with Gasteiger partial charge < -0.3 is 9.32 Å². The molecule has 3 heterocycles. The molecule has 1 aliphatic heterocycles. The Labute approximate surface area is 154 Å². The summed E-state index contributed by atoms with van der Waals surface area (Å²) in [5.41, 5.74) is 3.31. The maximum absolute atomic E-state index is 12.7. The molecule has 0 saturated carbocycles. The molecule has 0 fully saturated rings. The van der Waals surface area contributed by atoms with E-state index in [1.165, 1.54) is 5.56 Å². The van der Waals surface area contributed by atoms with Crippen LogP contribution in [0.4, 0.5) is 5.69 Å². The number of hydrogen-bond donors (Lipinski definition) is 0. The van der Waals surface area contributed by atoms with Gasteiger partial charge in [-0.05, 0) is 37.1 Å². The van der Waals surface area contributed by atoms with E-state index in [1.807, 2.05) is 40.6 Å². The van der Waals surface area contributed by atoms with Gasteiger partial charge >= 0.3 is 0 Å². The number of hydrogen-bond acceptors (Lipinski definition) is 5. The molecule has 1 aliphatic rings. The third kappa shape index (κ3) is 3.37. The van der Waals surface area contributed by atoms with Crippen molar-refractivity contribution in [2.24, 2.45) is 0 Å². The van der Waals surface area contributed by atoms with Crippen LogP contribution >= 0.6 is 23.1 Å². The van der Waals surface area contributed by atoms with E-state index < -0.39 is 0 Å². The van der Waals surface area contributed by atoms with Gasteiger partial charge in [-0.2, -0.15) is 0 Å². The molecule has 0 N–H and O–H groups in total. The van der Waals surface area contributed by atoms with Crippen LogP contribution in [0, 0.1) is 0 Å². The molecule has 0 unspecified atom stereocenters. The summed E-state index contributed by atoms with van der Waals surface area (Å²) in [5.74, 6) is 2.16. The van der Waals surface area contributed by atoms with Crippen molar-refractivity contribution in [3.05, 3.63) is 59.3 Å². The molecule has 1 amide bonds. The number of thioether (sulfide) groups is 1. The van der Waals surface area contributed by atoms with Gasteiger partial charge in [0.2, 0.25) is 5.91 Å². The fourth-order valence-electron chi connectivity index (χ4n) is 3.14. The minimum Gasteiger partial charge on any atom is -0.462 e. The number of carbonyl (C=O) groups is 1. The summed E-state index contributed by atoms with van der Waals surface area (Å²) < 4.78 is 5.37. The largest absolute Gasteiger partial charge is 0.462 e. The molecular formula is C19H18N2O2S2. The van der Waals surface area contributed by atoms with Crippen LogP contribution in [0.15, 0.2) is 52.5 Å². The van der Waals surface area contributed by atoms with Crippen LogP contribution in [-0.4, -0.2) is 22.7 Å². The minimum atomic E-state index is 0.170. The fourth-order valence-corrected chi connectivity index (χ4v) is 4.81. The van der Waals surface area contributed by atoms with Gasteiger partial charge in [0.1, 0.15) is 0 Å². The lowest BCUT2D eigenvalue weighted by atomic mass is 10.1. The molecular weight excluding hydrogens is 352 g/mol. The highest BCUT2D eigenvalue weighted by atomic mass is 32.2. The second-order valence-corrected chi connectivity index (χ2v) is 7.90. The maximum Gasteiger partial charge on any atom is 0.237 e. The Hall–Kier alpha value is -2.05. The lowest BCUT2D eigenvalue weighted by Crippen LogP contribution is -2.37. The first kappa shape index (κ1) is 16.4. The molecule has 1 atom stereocenters. The summed E-state index contributed by atoms with van der Waals surface area (Å²) in [7, 11) is 0. The Kier molecular flexibility index (Phi) is 4.63. The van der Waals surface area contributed by atoms with Gasteiger partial charge in [-0.25, -0.2) is 4.98 Å². The summed E-state index contributed by atoms with van der Waals surface area (Å²) in [4.78, 5) is 19.2. The zero-order chi connectivity index (χ0) is 17.2. The monoisotopic (exact) mass is 370 g/mol. The van der Waals surface area contributed by atoms with Crippen LogP contribution in [0.2, 0.25) is 0 Å². The number of rotatable bonds is 5. The maximum atomic E-state index is 12.7. The molecule has 6 heteroatoms. The number of amides is 1. The summed E-state index contributed by atoms with van der Waals surface area (Å²) in [6.07, 6.45) is 2.59. The molecule has 3 aromatic rings. The lowest BCUT2D eigenvalue weighted by Gasteiger charge is -2.22. The molecule has 0 bridgehead atoms. The Morgan fingerprint density at radius 3 is 3.08 bits per heavy atom. The van der Waals surface area contributed by atoms with Gasteiger partial charge in [-0.3, -0.25) is 4.79 Å². The van der Waals surface area contributed by atoms with Crippen molar-refractivity contribution in [1.82, 2.24) is 4.98 Å². The highest BCUT2D eigenvalue weighted by molar-refractivity contribution is 7.99. The first-order valence-corrected chi connectivity index (χ1v) is 10.2. The predicted molar refractivity (Wildman–Crippen MR) is 103 cm³/mol. The average Bonchev–Trinajstić information content (AvgIpc) is 3.33. The number of anilines is 1. The van der Waals surface area contributed by atoms with Crippen LogP contribution in [-0.2, 0) is 17.0 Å².